The summed E-state index contributed by atoms with van der Waals surface area (Å²) in [6.07, 6.45) is 3.70. The van der Waals surface area contributed by atoms with Gasteiger partial charge in [0.2, 0.25) is 0 Å². The van der Waals surface area contributed by atoms with Gasteiger partial charge in [0.05, 0.1) is 14.2 Å². The first-order valence-corrected chi connectivity index (χ1v) is 9.70. The second-order valence-corrected chi connectivity index (χ2v) is 7.01. The minimum Gasteiger partial charge on any atom is -0.497 e. The molecule has 1 N–H and O–H groups in total. The van der Waals surface area contributed by atoms with Gasteiger partial charge in [-0.25, -0.2) is 4.79 Å². The Balaban J connectivity index is 1.60. The molecule has 3 aromatic carbocycles. The first kappa shape index (κ1) is 20.5. The summed E-state index contributed by atoms with van der Waals surface area (Å²) in [7, 11) is 3.18. The average Bonchev–Trinajstić information content (AvgIpc) is 2.76. The lowest BCUT2D eigenvalue weighted by Gasteiger charge is -2.09. The molecule has 0 saturated carbocycles. The quantitative estimate of drug-likeness (QED) is 0.560. The van der Waals surface area contributed by atoms with Crippen LogP contribution < -0.4 is 9.47 Å². The minimum absolute atomic E-state index is 0.191. The van der Waals surface area contributed by atoms with E-state index in [0.717, 1.165) is 37.0 Å². The second kappa shape index (κ2) is 9.78. The van der Waals surface area contributed by atoms with Gasteiger partial charge >= 0.3 is 5.97 Å². The molecule has 0 fully saturated rings. The molecule has 0 amide bonds. The highest BCUT2D eigenvalue weighted by atomic mass is 16.5. The number of carboxylic acid groups (broad SMARTS) is 1. The lowest BCUT2D eigenvalue weighted by molar-refractivity contribution is 0.0693. The maximum atomic E-state index is 11.2. The lowest BCUT2D eigenvalue weighted by atomic mass is 9.98. The van der Waals surface area contributed by atoms with Crippen LogP contribution in [0, 0.1) is 0 Å². The zero-order chi connectivity index (χ0) is 20.6. The number of methoxy groups -OCH3 is 2. The SMILES string of the molecule is COc1ccc(CCc2cccc(CCc3ccc(C(=O)O)c(OC)c3)c2)cc1. The lowest BCUT2D eigenvalue weighted by Crippen LogP contribution is -2.02. The Morgan fingerprint density at radius 1 is 0.724 bits per heavy atom. The zero-order valence-electron chi connectivity index (χ0n) is 16.9. The third-order valence-electron chi connectivity index (χ3n) is 5.05. The van der Waals surface area contributed by atoms with Gasteiger partial charge < -0.3 is 14.6 Å². The number of rotatable bonds is 9. The number of ether oxygens (including phenoxy) is 2. The van der Waals surface area contributed by atoms with Gasteiger partial charge in [-0.05, 0) is 72.2 Å². The molecule has 0 unspecified atom stereocenters. The largest absolute Gasteiger partial charge is 0.497 e. The molecule has 4 nitrogen and oxygen atoms in total. The summed E-state index contributed by atoms with van der Waals surface area (Å²) < 4.78 is 10.4. The molecule has 29 heavy (non-hydrogen) atoms. The van der Waals surface area contributed by atoms with Crippen molar-refractivity contribution in [3.8, 4) is 11.5 Å². The molecule has 0 heterocycles. The van der Waals surface area contributed by atoms with Crippen molar-refractivity contribution < 1.29 is 19.4 Å². The van der Waals surface area contributed by atoms with E-state index in [0.29, 0.717) is 5.75 Å². The van der Waals surface area contributed by atoms with Crippen LogP contribution in [0.15, 0.2) is 66.7 Å². The predicted octanol–water partition coefficient (Wildman–Crippen LogP) is 4.97. The van der Waals surface area contributed by atoms with E-state index >= 15 is 0 Å². The normalized spacial score (nSPS) is 10.6. The van der Waals surface area contributed by atoms with Gasteiger partial charge in [-0.2, -0.15) is 0 Å². The summed E-state index contributed by atoms with van der Waals surface area (Å²) in [6, 6.07) is 22.2. The van der Waals surface area contributed by atoms with Gasteiger partial charge in [0.15, 0.2) is 0 Å². The monoisotopic (exact) mass is 390 g/mol. The van der Waals surface area contributed by atoms with Crippen LogP contribution in [0.3, 0.4) is 0 Å². The summed E-state index contributed by atoms with van der Waals surface area (Å²) in [5, 5.41) is 9.20. The number of aryl methyl sites for hydroxylation is 4. The van der Waals surface area contributed by atoms with E-state index in [9.17, 15) is 9.90 Å². The molecule has 0 bridgehead atoms. The van der Waals surface area contributed by atoms with Crippen molar-refractivity contribution in [1.29, 1.82) is 0 Å². The summed E-state index contributed by atoms with van der Waals surface area (Å²) in [6.45, 7) is 0. The second-order valence-electron chi connectivity index (χ2n) is 7.01. The molecule has 150 valence electrons. The molecular formula is C25H26O4. The fourth-order valence-corrected chi connectivity index (χ4v) is 3.38. The molecule has 0 atom stereocenters. The predicted molar refractivity (Wildman–Crippen MR) is 114 cm³/mol. The van der Waals surface area contributed by atoms with Crippen LogP contribution in [-0.4, -0.2) is 25.3 Å². The fourth-order valence-electron chi connectivity index (χ4n) is 3.38. The third-order valence-corrected chi connectivity index (χ3v) is 5.05. The number of carboxylic acids is 1. The topological polar surface area (TPSA) is 55.8 Å². The van der Waals surface area contributed by atoms with Crippen LogP contribution >= 0.6 is 0 Å². The first-order chi connectivity index (χ1) is 14.1. The Kier molecular flexibility index (Phi) is 6.90. The van der Waals surface area contributed by atoms with E-state index in [4.69, 9.17) is 9.47 Å². The van der Waals surface area contributed by atoms with Crippen LogP contribution in [0.1, 0.15) is 32.6 Å². The van der Waals surface area contributed by atoms with Gasteiger partial charge in [0, 0.05) is 0 Å². The van der Waals surface area contributed by atoms with Crippen LogP contribution in [0.5, 0.6) is 11.5 Å². The highest BCUT2D eigenvalue weighted by Gasteiger charge is 2.11. The first-order valence-electron chi connectivity index (χ1n) is 9.70. The summed E-state index contributed by atoms with van der Waals surface area (Å²) >= 11 is 0. The third kappa shape index (κ3) is 5.61. The maximum absolute atomic E-state index is 11.2. The standard InChI is InChI=1S/C25H26O4/c1-28-22-13-10-18(11-14-22)6-7-19-4-3-5-20(16-19)8-9-21-12-15-23(25(26)27)24(17-21)29-2/h3-5,10-17H,6-9H2,1-2H3,(H,26,27). The van der Waals surface area contributed by atoms with Crippen molar-refractivity contribution in [2.24, 2.45) is 0 Å². The number of hydrogen-bond donors (Lipinski definition) is 1. The molecule has 0 aliphatic carbocycles. The fraction of sp³-hybridized carbons (Fsp3) is 0.240. The molecule has 3 rings (SSSR count). The van der Waals surface area contributed by atoms with Crippen LogP contribution in [-0.2, 0) is 25.7 Å². The molecule has 0 aromatic heterocycles. The van der Waals surface area contributed by atoms with Crippen LogP contribution in [0.25, 0.3) is 0 Å². The van der Waals surface area contributed by atoms with Crippen molar-refractivity contribution >= 4 is 5.97 Å². The summed E-state index contributed by atoms with van der Waals surface area (Å²) in [4.78, 5) is 11.2. The van der Waals surface area contributed by atoms with E-state index in [1.54, 1.807) is 13.2 Å². The Morgan fingerprint density at radius 2 is 1.28 bits per heavy atom. The van der Waals surface area contributed by atoms with E-state index in [-0.39, 0.29) is 5.56 Å². The van der Waals surface area contributed by atoms with Gasteiger partial charge in [-0.3, -0.25) is 0 Å². The summed E-state index contributed by atoms with van der Waals surface area (Å²) in [5.74, 6) is 0.310. The molecule has 0 aliphatic heterocycles. The van der Waals surface area contributed by atoms with E-state index in [2.05, 4.69) is 36.4 Å². The van der Waals surface area contributed by atoms with Crippen molar-refractivity contribution in [3.63, 3.8) is 0 Å². The minimum atomic E-state index is -0.974. The van der Waals surface area contributed by atoms with Crippen molar-refractivity contribution in [2.75, 3.05) is 14.2 Å². The van der Waals surface area contributed by atoms with Gasteiger partial charge in [0.25, 0.3) is 0 Å². The van der Waals surface area contributed by atoms with Crippen molar-refractivity contribution in [3.05, 3.63) is 94.5 Å². The van der Waals surface area contributed by atoms with E-state index in [1.165, 1.54) is 23.8 Å². The number of benzene rings is 3. The maximum Gasteiger partial charge on any atom is 0.339 e. The highest BCUT2D eigenvalue weighted by molar-refractivity contribution is 5.90. The molecular weight excluding hydrogens is 364 g/mol. The molecule has 4 heteroatoms. The Labute approximate surface area is 171 Å². The smallest absolute Gasteiger partial charge is 0.339 e. The number of aromatic carboxylic acids is 1. The molecule has 0 radical (unpaired) electrons. The Hall–Kier alpha value is -3.27. The molecule has 0 spiro atoms. The van der Waals surface area contributed by atoms with Crippen LogP contribution in [0.4, 0.5) is 0 Å². The van der Waals surface area contributed by atoms with Gasteiger partial charge in [-0.1, -0.05) is 42.5 Å². The Morgan fingerprint density at radius 3 is 1.83 bits per heavy atom. The van der Waals surface area contributed by atoms with Gasteiger partial charge in [-0.15, -0.1) is 0 Å². The molecule has 3 aromatic rings. The van der Waals surface area contributed by atoms with Gasteiger partial charge in [0.1, 0.15) is 17.1 Å². The van der Waals surface area contributed by atoms with Crippen LogP contribution in [0.2, 0.25) is 0 Å². The van der Waals surface area contributed by atoms with Crippen molar-refractivity contribution in [1.82, 2.24) is 0 Å². The summed E-state index contributed by atoms with van der Waals surface area (Å²) in [5.41, 5.74) is 5.14. The Bertz CT molecular complexity index is 961. The number of carbonyl (C=O) groups is 1. The molecule has 0 aliphatic rings. The number of hydrogen-bond acceptors (Lipinski definition) is 3. The van der Waals surface area contributed by atoms with E-state index < -0.39 is 5.97 Å². The average molecular weight is 390 g/mol. The zero-order valence-corrected chi connectivity index (χ0v) is 16.9. The molecule has 0 saturated heterocycles. The van der Waals surface area contributed by atoms with Crippen molar-refractivity contribution in [2.45, 2.75) is 25.7 Å². The van der Waals surface area contributed by atoms with E-state index in [1.807, 2.05) is 24.3 Å². The highest BCUT2D eigenvalue weighted by Crippen LogP contribution is 2.22.